The highest BCUT2D eigenvalue weighted by Crippen LogP contribution is 2.37. The summed E-state index contributed by atoms with van der Waals surface area (Å²) in [6, 6.07) is 10.5. The predicted octanol–water partition coefficient (Wildman–Crippen LogP) is 7.68. The van der Waals surface area contributed by atoms with E-state index < -0.39 is 0 Å². The minimum atomic E-state index is 0.346. The van der Waals surface area contributed by atoms with Crippen molar-refractivity contribution in [3.8, 4) is 11.1 Å². The minimum absolute atomic E-state index is 0.346. The molecule has 0 amide bonds. The van der Waals surface area contributed by atoms with Gasteiger partial charge in [-0.1, -0.05) is 62.4 Å². The molecular formula is C29H32N4O. The summed E-state index contributed by atoms with van der Waals surface area (Å²) < 4.78 is 8.36. The second-order valence-corrected chi connectivity index (χ2v) is 8.42. The van der Waals surface area contributed by atoms with Gasteiger partial charge in [0.05, 0.1) is 12.2 Å². The van der Waals surface area contributed by atoms with E-state index in [4.69, 9.17) is 15.2 Å². The van der Waals surface area contributed by atoms with Crippen molar-refractivity contribution >= 4 is 28.4 Å². The van der Waals surface area contributed by atoms with Crippen molar-refractivity contribution in [3.63, 3.8) is 0 Å². The number of fused-ring (bicyclic) bond motifs is 1. The first-order valence-electron chi connectivity index (χ1n) is 11.8. The standard InChI is InChI=1S/C29H32N4O/c1-5-9-14-22(12-6-2)33-19-21(17-32-33)26-18-31-29(30)28-25(26)16-27(34-28)23(8-4)24-15-11-10-13-20(24)7-3/h5,7-8,10-11,13,15-19,22H,1,3,6,9,12,14H2,2,4H3,(H2,30,31)/b23-8+. The van der Waals surface area contributed by atoms with Crippen molar-refractivity contribution < 1.29 is 4.42 Å². The monoisotopic (exact) mass is 452 g/mol. The van der Waals surface area contributed by atoms with Crippen LogP contribution in [0.4, 0.5) is 5.82 Å². The summed E-state index contributed by atoms with van der Waals surface area (Å²) in [4.78, 5) is 4.43. The normalized spacial score (nSPS) is 12.7. The van der Waals surface area contributed by atoms with Gasteiger partial charge in [0.1, 0.15) is 5.76 Å². The molecular weight excluding hydrogens is 420 g/mol. The SMILES string of the molecule is C=CCCC(CCC)n1cc(-c2cnc(N)c3oc(/C(=C/C)c4ccccc4C=C)cc23)cn1. The van der Waals surface area contributed by atoms with Gasteiger partial charge in [-0.2, -0.15) is 5.10 Å². The summed E-state index contributed by atoms with van der Waals surface area (Å²) in [5.41, 5.74) is 11.9. The molecule has 0 spiro atoms. The third kappa shape index (κ3) is 4.46. The van der Waals surface area contributed by atoms with Crippen molar-refractivity contribution in [2.45, 2.75) is 45.6 Å². The molecule has 3 heterocycles. The van der Waals surface area contributed by atoms with Gasteiger partial charge in [-0.25, -0.2) is 4.98 Å². The van der Waals surface area contributed by atoms with Crippen LogP contribution >= 0.6 is 0 Å². The first-order valence-corrected chi connectivity index (χ1v) is 11.8. The maximum absolute atomic E-state index is 6.29. The number of pyridine rings is 1. The van der Waals surface area contributed by atoms with Crippen molar-refractivity contribution in [3.05, 3.63) is 91.1 Å². The predicted molar refractivity (Wildman–Crippen MR) is 142 cm³/mol. The largest absolute Gasteiger partial charge is 0.452 e. The van der Waals surface area contributed by atoms with Crippen molar-refractivity contribution in [2.75, 3.05) is 5.73 Å². The van der Waals surface area contributed by atoms with Crippen LogP contribution < -0.4 is 5.73 Å². The highest BCUT2D eigenvalue weighted by atomic mass is 16.3. The summed E-state index contributed by atoms with van der Waals surface area (Å²) >= 11 is 0. The van der Waals surface area contributed by atoms with Gasteiger partial charge in [-0.15, -0.1) is 6.58 Å². The van der Waals surface area contributed by atoms with Crippen molar-refractivity contribution in [1.29, 1.82) is 0 Å². The van der Waals surface area contributed by atoms with Crippen LogP contribution in [0.1, 0.15) is 62.5 Å². The molecule has 174 valence electrons. The molecule has 0 bridgehead atoms. The third-order valence-electron chi connectivity index (χ3n) is 6.23. The number of aromatic nitrogens is 3. The Morgan fingerprint density at radius 2 is 2.03 bits per heavy atom. The molecule has 34 heavy (non-hydrogen) atoms. The molecule has 0 fully saturated rings. The number of allylic oxidation sites excluding steroid dienone is 2. The number of nitrogens with two attached hydrogens (primary N) is 1. The molecule has 4 rings (SSSR count). The summed E-state index contributed by atoms with van der Waals surface area (Å²) in [6.07, 6.45) is 15.9. The van der Waals surface area contributed by atoms with E-state index in [9.17, 15) is 0 Å². The molecule has 5 nitrogen and oxygen atoms in total. The quantitative estimate of drug-likeness (QED) is 0.251. The topological polar surface area (TPSA) is 69.9 Å². The number of rotatable bonds is 10. The molecule has 0 aliphatic carbocycles. The van der Waals surface area contributed by atoms with E-state index in [0.717, 1.165) is 64.7 Å². The van der Waals surface area contributed by atoms with Gasteiger partial charge in [0.25, 0.3) is 0 Å². The molecule has 3 aromatic heterocycles. The van der Waals surface area contributed by atoms with E-state index in [0.29, 0.717) is 17.4 Å². The average Bonchev–Trinajstić information content (AvgIpc) is 3.52. The Bertz CT molecular complexity index is 1340. The Balaban J connectivity index is 1.78. The minimum Gasteiger partial charge on any atom is -0.452 e. The summed E-state index contributed by atoms with van der Waals surface area (Å²) in [7, 11) is 0. The zero-order valence-electron chi connectivity index (χ0n) is 20.0. The van der Waals surface area contributed by atoms with Crippen LogP contribution in [0.5, 0.6) is 0 Å². The third-order valence-corrected chi connectivity index (χ3v) is 6.23. The maximum Gasteiger partial charge on any atom is 0.177 e. The smallest absolute Gasteiger partial charge is 0.177 e. The van der Waals surface area contributed by atoms with Crippen LogP contribution in [0.3, 0.4) is 0 Å². The first-order chi connectivity index (χ1) is 16.6. The molecule has 0 aliphatic heterocycles. The lowest BCUT2D eigenvalue weighted by Gasteiger charge is -2.15. The number of hydrogen-bond donors (Lipinski definition) is 1. The second kappa shape index (κ2) is 10.4. The fourth-order valence-electron chi connectivity index (χ4n) is 4.49. The molecule has 1 aromatic carbocycles. The van der Waals surface area contributed by atoms with E-state index in [2.05, 4.69) is 54.2 Å². The Hall–Kier alpha value is -3.86. The zero-order valence-corrected chi connectivity index (χ0v) is 20.0. The molecule has 0 saturated carbocycles. The summed E-state index contributed by atoms with van der Waals surface area (Å²) in [5.74, 6) is 1.12. The van der Waals surface area contributed by atoms with Gasteiger partial charge >= 0.3 is 0 Å². The van der Waals surface area contributed by atoms with Gasteiger partial charge in [-0.05, 0) is 43.4 Å². The van der Waals surface area contributed by atoms with Gasteiger partial charge in [0.15, 0.2) is 11.4 Å². The molecule has 0 radical (unpaired) electrons. The number of furan rings is 1. The van der Waals surface area contributed by atoms with Crippen LogP contribution in [0.2, 0.25) is 0 Å². The molecule has 2 N–H and O–H groups in total. The van der Waals surface area contributed by atoms with Crippen LogP contribution in [-0.4, -0.2) is 14.8 Å². The van der Waals surface area contributed by atoms with Crippen LogP contribution in [0, 0.1) is 0 Å². The maximum atomic E-state index is 6.29. The molecule has 4 aromatic rings. The number of hydrogen-bond acceptors (Lipinski definition) is 4. The molecule has 1 unspecified atom stereocenters. The lowest BCUT2D eigenvalue weighted by Crippen LogP contribution is -2.09. The van der Waals surface area contributed by atoms with Gasteiger partial charge in [0.2, 0.25) is 0 Å². The molecule has 1 atom stereocenters. The lowest BCUT2D eigenvalue weighted by atomic mass is 9.97. The van der Waals surface area contributed by atoms with Gasteiger partial charge < -0.3 is 10.2 Å². The number of benzene rings is 1. The molecule has 5 heteroatoms. The highest BCUT2D eigenvalue weighted by molar-refractivity contribution is 6.00. The van der Waals surface area contributed by atoms with E-state index in [-0.39, 0.29) is 0 Å². The van der Waals surface area contributed by atoms with Crippen LogP contribution in [0.15, 0.2) is 78.6 Å². The fourth-order valence-corrected chi connectivity index (χ4v) is 4.49. The molecule has 0 aliphatic rings. The zero-order chi connectivity index (χ0) is 24.1. The Kier molecular flexibility index (Phi) is 7.12. The first kappa shape index (κ1) is 23.3. The average molecular weight is 453 g/mol. The highest BCUT2D eigenvalue weighted by Gasteiger charge is 2.19. The van der Waals surface area contributed by atoms with Crippen LogP contribution in [0.25, 0.3) is 33.7 Å². The number of nitrogen functional groups attached to an aromatic ring is 1. The fraction of sp³-hybridized carbons (Fsp3) is 0.241. The summed E-state index contributed by atoms with van der Waals surface area (Å²) in [5, 5.41) is 5.62. The van der Waals surface area contributed by atoms with E-state index in [1.54, 1.807) is 0 Å². The van der Waals surface area contributed by atoms with E-state index >= 15 is 0 Å². The Morgan fingerprint density at radius 1 is 1.21 bits per heavy atom. The van der Waals surface area contributed by atoms with Crippen molar-refractivity contribution in [2.24, 2.45) is 0 Å². The summed E-state index contributed by atoms with van der Waals surface area (Å²) in [6.45, 7) is 12.0. The van der Waals surface area contributed by atoms with E-state index in [1.807, 2.05) is 49.7 Å². The Morgan fingerprint density at radius 3 is 2.76 bits per heavy atom. The van der Waals surface area contributed by atoms with Gasteiger partial charge in [0, 0.05) is 34.5 Å². The van der Waals surface area contributed by atoms with Gasteiger partial charge in [-0.3, -0.25) is 4.68 Å². The Labute approximate surface area is 201 Å². The van der Waals surface area contributed by atoms with Crippen LogP contribution in [-0.2, 0) is 0 Å². The number of nitrogens with zero attached hydrogens (tertiary/aromatic N) is 3. The second-order valence-electron chi connectivity index (χ2n) is 8.42. The lowest BCUT2D eigenvalue weighted by molar-refractivity contribution is 0.398. The molecule has 0 saturated heterocycles. The number of anilines is 1. The van der Waals surface area contributed by atoms with Crippen molar-refractivity contribution in [1.82, 2.24) is 14.8 Å². The van der Waals surface area contributed by atoms with E-state index in [1.165, 1.54) is 0 Å².